The summed E-state index contributed by atoms with van der Waals surface area (Å²) in [7, 11) is -1.33. The molecule has 0 aliphatic heterocycles. The minimum absolute atomic E-state index is 0. The zero-order valence-corrected chi connectivity index (χ0v) is 57.8. The zero-order chi connectivity index (χ0) is 53.0. The maximum Gasteiger partial charge on any atom is 1.00 e. The number of rotatable bonds is 6. The monoisotopic (exact) mass is 1290 g/mol. The quantitative estimate of drug-likeness (QED) is 0.0411. The number of hydrogen-bond acceptors (Lipinski definition) is 17. The van der Waals surface area contributed by atoms with Gasteiger partial charge in [0.1, 0.15) is 33.9 Å². The Labute approximate surface area is 551 Å². The third kappa shape index (κ3) is 40.1. The Morgan fingerprint density at radius 3 is 1.56 bits per heavy atom. The molecule has 0 aliphatic carbocycles. The van der Waals surface area contributed by atoms with Crippen molar-refractivity contribution >= 4 is 49.3 Å². The Morgan fingerprint density at radius 1 is 0.732 bits per heavy atom. The van der Waals surface area contributed by atoms with Crippen molar-refractivity contribution in [3.8, 4) is 46.6 Å². The van der Waals surface area contributed by atoms with Crippen molar-refractivity contribution in [2.24, 2.45) is 0 Å². The molecule has 370 valence electrons. The van der Waals surface area contributed by atoms with Crippen LogP contribution in [0.5, 0.6) is 28.7 Å². The fourth-order valence-electron chi connectivity index (χ4n) is 3.97. The molecule has 0 saturated heterocycles. The summed E-state index contributed by atoms with van der Waals surface area (Å²) in [5.74, 6) is 1.08. The van der Waals surface area contributed by atoms with Crippen molar-refractivity contribution in [3.05, 3.63) is 152 Å². The van der Waals surface area contributed by atoms with E-state index in [1.807, 2.05) is 39.6 Å². The van der Waals surface area contributed by atoms with E-state index in [9.17, 15) is 5.21 Å². The number of halogens is 3. The fourth-order valence-corrected chi connectivity index (χ4v) is 4.52. The van der Waals surface area contributed by atoms with Crippen LogP contribution in [-0.2, 0) is 9.68 Å². The molecular weight excluding hydrogens is 1230 g/mol. The van der Waals surface area contributed by atoms with Gasteiger partial charge < -0.3 is 41.7 Å². The van der Waals surface area contributed by atoms with E-state index in [1.54, 1.807) is 86.8 Å². The van der Waals surface area contributed by atoms with Crippen LogP contribution in [0.1, 0.15) is 56.4 Å². The normalized spacial score (nSPS) is 9.01. The summed E-state index contributed by atoms with van der Waals surface area (Å²) in [6, 6.07) is 23.2. The van der Waals surface area contributed by atoms with E-state index in [4.69, 9.17) is 80.7 Å². The summed E-state index contributed by atoms with van der Waals surface area (Å²) >= 11 is 16.7. The molecule has 0 fully saturated rings. The first-order valence-corrected chi connectivity index (χ1v) is 25.0. The fraction of sp³-hybridized carbons (Fsp3) is 0.277. The molecule has 6 aromatic rings. The maximum absolute atomic E-state index is 10.6. The first-order chi connectivity index (χ1) is 32.5. The minimum Gasteiger partial charge on any atom is -1.00 e. The largest absolute Gasteiger partial charge is 1.00 e. The van der Waals surface area contributed by atoms with Gasteiger partial charge in [-0.05, 0) is 101 Å². The molecule has 6 rings (SSSR count). The Balaban J connectivity index is -0.000000244. The molecule has 3 N–H and O–H groups in total. The van der Waals surface area contributed by atoms with E-state index in [-0.39, 0.29) is 174 Å². The second kappa shape index (κ2) is 44.4. The van der Waals surface area contributed by atoms with Crippen LogP contribution in [0.2, 0.25) is 35.0 Å². The van der Waals surface area contributed by atoms with Crippen molar-refractivity contribution in [3.63, 3.8) is 0 Å². The maximum atomic E-state index is 10.6. The van der Waals surface area contributed by atoms with Crippen molar-refractivity contribution < 1.29 is 179 Å². The van der Waals surface area contributed by atoms with Crippen LogP contribution in [0.3, 0.4) is 0 Å². The molecule has 0 atom stereocenters. The first-order valence-electron chi connectivity index (χ1n) is 20.4. The number of hydrogen-bond donors (Lipinski definition) is 3. The number of pyridine rings is 6. The van der Waals surface area contributed by atoms with Gasteiger partial charge in [-0.15, -0.1) is 0 Å². The molecule has 0 saturated carbocycles. The third-order valence-corrected chi connectivity index (χ3v) is 8.86. The Kier molecular flexibility index (Phi) is 46.6. The zero-order valence-electron chi connectivity index (χ0n) is 42.9. The van der Waals surface area contributed by atoms with Crippen LogP contribution < -0.4 is 153 Å². The second-order valence-electron chi connectivity index (χ2n) is 14.2. The average Bonchev–Trinajstić information content (AvgIpc) is 3.31. The van der Waals surface area contributed by atoms with Crippen molar-refractivity contribution in [2.75, 3.05) is 19.6 Å². The van der Waals surface area contributed by atoms with E-state index < -0.39 is 8.07 Å². The number of aromatic nitrogens is 6. The number of ether oxygens (including phenoxy) is 1. The summed E-state index contributed by atoms with van der Waals surface area (Å²) < 4.78 is 6.15. The summed E-state index contributed by atoms with van der Waals surface area (Å²) in [6.45, 7) is 23.1. The molecular formula is C47H57Cl3Cs2N10O8Si. The van der Waals surface area contributed by atoms with Crippen LogP contribution in [0.25, 0.3) is 0 Å². The molecule has 0 unspecified atom stereocenters. The van der Waals surface area contributed by atoms with E-state index in [0.29, 0.717) is 37.3 Å². The number of aryl methyl sites for hydroxylation is 4. The first kappa shape index (κ1) is 74.5. The van der Waals surface area contributed by atoms with Crippen LogP contribution in [-0.4, -0.2) is 79.3 Å². The molecule has 0 amide bonds. The van der Waals surface area contributed by atoms with Gasteiger partial charge in [0.15, 0.2) is 42.4 Å². The molecule has 71 heavy (non-hydrogen) atoms. The Hall–Kier alpha value is -3.05. The predicted octanol–water partition coefficient (Wildman–Crippen LogP) is 3.18. The molecule has 0 spiro atoms. The summed E-state index contributed by atoms with van der Waals surface area (Å²) in [5.41, 5.74) is 5.57. The van der Waals surface area contributed by atoms with Crippen molar-refractivity contribution in [1.29, 1.82) is 15.8 Å². The Bertz CT molecular complexity index is 2510. The third-order valence-electron chi connectivity index (χ3n) is 7.54. The molecule has 0 aromatic carbocycles. The van der Waals surface area contributed by atoms with Gasteiger partial charge in [0, 0.05) is 59.2 Å². The number of carbonyl (C=O) groups is 1. The van der Waals surface area contributed by atoms with Gasteiger partial charge in [-0.1, -0.05) is 75.2 Å². The van der Waals surface area contributed by atoms with E-state index in [2.05, 4.69) is 61.2 Å². The van der Waals surface area contributed by atoms with E-state index in [0.717, 1.165) is 23.3 Å². The second-order valence-corrected chi connectivity index (χ2v) is 20.2. The van der Waals surface area contributed by atoms with Gasteiger partial charge in [0.25, 0.3) is 6.47 Å². The van der Waals surface area contributed by atoms with Gasteiger partial charge in [-0.25, -0.2) is 25.2 Å². The van der Waals surface area contributed by atoms with Crippen LogP contribution in [0.15, 0.2) is 97.6 Å². The molecule has 6 aromatic heterocycles. The molecule has 24 heteroatoms. The number of aromatic hydroxyl groups is 3. The van der Waals surface area contributed by atoms with Gasteiger partial charge in [-0.3, -0.25) is 9.78 Å². The average molecular weight is 1290 g/mol. The minimum atomic E-state index is -1.33. The molecule has 18 nitrogen and oxygen atoms in total. The van der Waals surface area contributed by atoms with Crippen LogP contribution >= 0.6 is 34.8 Å². The Morgan fingerprint density at radius 2 is 1.21 bits per heavy atom. The van der Waals surface area contributed by atoms with Gasteiger partial charge in [0.05, 0.1) is 6.20 Å². The standard InChI is InChI=1S/C12H8ClN3O.C7H6N2O.C6H7NO2.C6H7NO.C6H15N.C5H3Cl2N.C4H9NSi.CH2O3.2Cs.H/c1-8-2-3-11(10(7-14)16-8)17-9-4-5-15-12(13)6-9;1-5-2-3-7(10)6(4-8)9-5;1-5-2-3-6(8)4-7(5)9;1-5-2-3-6(8)4-7-5;1-4-7(5-2)6-3;6-4-1-2-8-5(7)3-4;1-6(2,3)4-5;2-1-4-3;;;/h2-6H,1H3;2-3,10H,1H3;2-4,8H,1H3;2-4,8H,1H3;4-6H2,1-3H3;1-3H;1-3H3;1,3H;;;/q;;;;;;;;2*+1;-1/p-1. The van der Waals surface area contributed by atoms with Crippen molar-refractivity contribution in [1.82, 2.24) is 29.8 Å². The smallest absolute Gasteiger partial charge is 1.00 e. The molecule has 6 heterocycles. The summed E-state index contributed by atoms with van der Waals surface area (Å²) in [6.07, 6.45) is 5.64. The van der Waals surface area contributed by atoms with Gasteiger partial charge in [-0.2, -0.15) is 15.3 Å². The summed E-state index contributed by atoms with van der Waals surface area (Å²) in [4.78, 5) is 32.9. The van der Waals surface area contributed by atoms with Gasteiger partial charge in [0.2, 0.25) is 6.20 Å². The van der Waals surface area contributed by atoms with Gasteiger partial charge >= 0.3 is 138 Å². The SMILES string of the molecule is CCN(CC)CC.C[Si](C)(C)C#N.Cc1ccc(O)c(C#N)n1.Cc1ccc(O)c[n+]1[O-].Cc1ccc(O)cn1.Cc1ccc(Oc2ccnc(Cl)c2)c(C#N)n1.Clc1ccnc(Cl)c1.O=CO[O-].[Cs+].[Cs+].[H-]. The number of nitriles is 3. The molecule has 0 bridgehead atoms. The predicted molar refractivity (Wildman–Crippen MR) is 266 cm³/mol. The van der Waals surface area contributed by atoms with Crippen LogP contribution in [0, 0.1) is 66.5 Å². The topological polar surface area (TPSA) is 285 Å². The number of carbonyl (C=O) groups excluding carboxylic acids is 1. The molecule has 0 aliphatic rings. The van der Waals surface area contributed by atoms with E-state index >= 15 is 0 Å². The molecule has 0 radical (unpaired) electrons. The summed E-state index contributed by atoms with van der Waals surface area (Å²) in [5, 5.41) is 72.3. The van der Waals surface area contributed by atoms with Crippen LogP contribution in [0.4, 0.5) is 0 Å². The van der Waals surface area contributed by atoms with E-state index in [1.165, 1.54) is 44.2 Å². The number of nitrogens with zero attached hydrogens (tertiary/aromatic N) is 10. The van der Waals surface area contributed by atoms with Crippen molar-refractivity contribution in [2.45, 2.75) is 68.1 Å².